The van der Waals surface area contributed by atoms with E-state index in [0.717, 1.165) is 0 Å². The number of aromatic nitrogens is 4. The van der Waals surface area contributed by atoms with Crippen molar-refractivity contribution in [2.24, 2.45) is 7.05 Å². The Bertz CT molecular complexity index is 590. The Labute approximate surface area is 108 Å². The van der Waals surface area contributed by atoms with Crippen LogP contribution in [0.5, 0.6) is 0 Å². The lowest BCUT2D eigenvalue weighted by molar-refractivity contribution is -0.117. The summed E-state index contributed by atoms with van der Waals surface area (Å²) >= 11 is 0. The molecule has 0 saturated carbocycles. The molecule has 0 fully saturated rings. The molecule has 1 amide bonds. The van der Waals surface area contributed by atoms with Crippen molar-refractivity contribution in [3.05, 3.63) is 29.7 Å². The molecule has 19 heavy (non-hydrogen) atoms. The molecule has 8 heteroatoms. The molecular formula is C11H13F2N5O. The summed E-state index contributed by atoms with van der Waals surface area (Å²) in [5, 5.41) is 10.2. The van der Waals surface area contributed by atoms with E-state index >= 15 is 0 Å². The third-order valence-corrected chi connectivity index (χ3v) is 2.50. The van der Waals surface area contributed by atoms with Gasteiger partial charge in [0.05, 0.1) is 0 Å². The van der Waals surface area contributed by atoms with Crippen molar-refractivity contribution in [2.75, 3.05) is 5.32 Å². The number of anilines is 1. The molecule has 0 radical (unpaired) electrons. The first-order chi connectivity index (χ1) is 8.95. The van der Waals surface area contributed by atoms with E-state index in [4.69, 9.17) is 0 Å². The van der Waals surface area contributed by atoms with Gasteiger partial charge in [0.25, 0.3) is 6.43 Å². The number of nitrogens with zero attached hydrogens (tertiary/aromatic N) is 4. The van der Waals surface area contributed by atoms with Crippen LogP contribution in [0.15, 0.2) is 18.3 Å². The lowest BCUT2D eigenvalue weighted by atomic mass is 10.4. The van der Waals surface area contributed by atoms with Gasteiger partial charge in [-0.25, -0.2) is 8.78 Å². The Hall–Kier alpha value is -2.25. The fourth-order valence-corrected chi connectivity index (χ4v) is 1.60. The van der Waals surface area contributed by atoms with Crippen molar-refractivity contribution in [3.63, 3.8) is 0 Å². The highest BCUT2D eigenvalue weighted by atomic mass is 19.3. The van der Waals surface area contributed by atoms with Crippen LogP contribution in [0.3, 0.4) is 0 Å². The first-order valence-corrected chi connectivity index (χ1v) is 5.57. The highest BCUT2D eigenvalue weighted by Crippen LogP contribution is 2.17. The summed E-state index contributed by atoms with van der Waals surface area (Å²) in [5.74, 6) is 0.0390. The maximum atomic E-state index is 12.5. The number of carbonyl (C=O) groups is 1. The molecule has 2 aromatic heterocycles. The molecule has 0 saturated heterocycles. The van der Waals surface area contributed by atoms with E-state index < -0.39 is 6.43 Å². The van der Waals surface area contributed by atoms with Crippen LogP contribution in [0.4, 0.5) is 14.6 Å². The van der Waals surface area contributed by atoms with E-state index in [-0.39, 0.29) is 18.1 Å². The minimum absolute atomic E-state index is 0.130. The van der Waals surface area contributed by atoms with E-state index in [1.165, 1.54) is 10.7 Å². The molecule has 6 nitrogen and oxygen atoms in total. The van der Waals surface area contributed by atoms with E-state index in [1.807, 2.05) is 0 Å². The van der Waals surface area contributed by atoms with Crippen LogP contribution in [0, 0.1) is 6.92 Å². The van der Waals surface area contributed by atoms with Gasteiger partial charge >= 0.3 is 0 Å². The monoisotopic (exact) mass is 269 g/mol. The molecule has 0 aliphatic carbocycles. The number of rotatable bonds is 4. The standard InChI is InChI=1S/C11H13F2N5O/c1-7-5-8(11(12)13)15-18(7)6-10(19)14-9-3-4-17(2)16-9/h3-5,11H,6H2,1-2H3,(H,14,16,19). The second kappa shape index (κ2) is 5.17. The molecule has 0 unspecified atom stereocenters. The van der Waals surface area contributed by atoms with Gasteiger partial charge in [-0.3, -0.25) is 14.2 Å². The van der Waals surface area contributed by atoms with Crippen LogP contribution in [0.1, 0.15) is 17.8 Å². The maximum absolute atomic E-state index is 12.5. The number of halogens is 2. The minimum atomic E-state index is -2.64. The van der Waals surface area contributed by atoms with Crippen molar-refractivity contribution in [1.82, 2.24) is 19.6 Å². The Morgan fingerprint density at radius 1 is 1.47 bits per heavy atom. The van der Waals surface area contributed by atoms with Gasteiger partial charge in [0.2, 0.25) is 5.91 Å². The fraction of sp³-hybridized carbons (Fsp3) is 0.364. The van der Waals surface area contributed by atoms with Gasteiger partial charge in [0.15, 0.2) is 5.82 Å². The van der Waals surface area contributed by atoms with Crippen molar-refractivity contribution >= 4 is 11.7 Å². The second-order valence-electron chi connectivity index (χ2n) is 4.09. The van der Waals surface area contributed by atoms with Crippen LogP contribution < -0.4 is 5.32 Å². The lowest BCUT2D eigenvalue weighted by Gasteiger charge is -2.04. The van der Waals surface area contributed by atoms with Crippen LogP contribution in [-0.4, -0.2) is 25.5 Å². The summed E-state index contributed by atoms with van der Waals surface area (Å²) in [7, 11) is 1.72. The Kier molecular flexibility index (Phi) is 3.59. The quantitative estimate of drug-likeness (QED) is 0.914. The summed E-state index contributed by atoms with van der Waals surface area (Å²) in [6.45, 7) is 1.49. The number of alkyl halides is 2. The van der Waals surface area contributed by atoms with E-state index in [2.05, 4.69) is 15.5 Å². The summed E-state index contributed by atoms with van der Waals surface area (Å²) in [6.07, 6.45) is -0.956. The predicted octanol–water partition coefficient (Wildman–Crippen LogP) is 1.50. The van der Waals surface area contributed by atoms with Crippen molar-refractivity contribution in [3.8, 4) is 0 Å². The molecule has 0 bridgehead atoms. The number of hydrogen-bond acceptors (Lipinski definition) is 3. The van der Waals surface area contributed by atoms with E-state index in [0.29, 0.717) is 11.5 Å². The number of hydrogen-bond donors (Lipinski definition) is 1. The van der Waals surface area contributed by atoms with Gasteiger partial charge in [-0.2, -0.15) is 10.2 Å². The molecule has 0 spiro atoms. The summed E-state index contributed by atoms with van der Waals surface area (Å²) in [6, 6.07) is 2.90. The summed E-state index contributed by atoms with van der Waals surface area (Å²) < 4.78 is 27.7. The molecule has 0 aromatic carbocycles. The second-order valence-corrected chi connectivity index (χ2v) is 4.09. The summed E-state index contributed by atoms with van der Waals surface area (Å²) in [4.78, 5) is 11.7. The van der Waals surface area contributed by atoms with Crippen LogP contribution in [0.2, 0.25) is 0 Å². The number of amides is 1. The van der Waals surface area contributed by atoms with Crippen molar-refractivity contribution in [2.45, 2.75) is 19.9 Å². The molecule has 2 aromatic rings. The third-order valence-electron chi connectivity index (χ3n) is 2.50. The van der Waals surface area contributed by atoms with E-state index in [9.17, 15) is 13.6 Å². The van der Waals surface area contributed by atoms with Gasteiger partial charge in [-0.15, -0.1) is 0 Å². The zero-order valence-electron chi connectivity index (χ0n) is 10.5. The first kappa shape index (κ1) is 13.2. The zero-order valence-corrected chi connectivity index (χ0v) is 10.5. The molecule has 1 N–H and O–H groups in total. The molecular weight excluding hydrogens is 256 g/mol. The van der Waals surface area contributed by atoms with Gasteiger partial charge in [0.1, 0.15) is 12.2 Å². The van der Waals surface area contributed by atoms with Crippen LogP contribution in [0.25, 0.3) is 0 Å². The van der Waals surface area contributed by atoms with Crippen molar-refractivity contribution < 1.29 is 13.6 Å². The first-order valence-electron chi connectivity index (χ1n) is 5.57. The highest BCUT2D eigenvalue weighted by molar-refractivity contribution is 5.89. The molecule has 2 rings (SSSR count). The molecule has 0 aliphatic heterocycles. The predicted molar refractivity (Wildman–Crippen MR) is 63.8 cm³/mol. The minimum Gasteiger partial charge on any atom is -0.308 e. The SMILES string of the molecule is Cc1cc(C(F)F)nn1CC(=O)Nc1ccn(C)n1. The number of nitrogens with one attached hydrogen (secondary N) is 1. The third kappa shape index (κ3) is 3.15. The van der Waals surface area contributed by atoms with Gasteiger partial charge < -0.3 is 5.32 Å². The van der Waals surface area contributed by atoms with Gasteiger partial charge in [-0.1, -0.05) is 0 Å². The average molecular weight is 269 g/mol. The number of carbonyl (C=O) groups excluding carboxylic acids is 1. The largest absolute Gasteiger partial charge is 0.308 e. The average Bonchev–Trinajstić information content (AvgIpc) is 2.86. The van der Waals surface area contributed by atoms with Gasteiger partial charge in [0, 0.05) is 25.0 Å². The maximum Gasteiger partial charge on any atom is 0.282 e. The summed E-state index contributed by atoms with van der Waals surface area (Å²) in [5.41, 5.74) is 0.176. The Morgan fingerprint density at radius 2 is 2.21 bits per heavy atom. The Morgan fingerprint density at radius 3 is 2.74 bits per heavy atom. The Balaban J connectivity index is 2.02. The van der Waals surface area contributed by atoms with E-state index in [1.54, 1.807) is 30.9 Å². The number of aryl methyl sites for hydroxylation is 2. The smallest absolute Gasteiger partial charge is 0.282 e. The van der Waals surface area contributed by atoms with Gasteiger partial charge in [-0.05, 0) is 13.0 Å². The molecule has 0 atom stereocenters. The molecule has 0 aliphatic rings. The fourth-order valence-electron chi connectivity index (χ4n) is 1.60. The zero-order chi connectivity index (χ0) is 14.0. The van der Waals surface area contributed by atoms with Crippen molar-refractivity contribution in [1.29, 1.82) is 0 Å². The lowest BCUT2D eigenvalue weighted by Crippen LogP contribution is -2.20. The normalized spacial score (nSPS) is 11.0. The van der Waals surface area contributed by atoms with Crippen LogP contribution >= 0.6 is 0 Å². The van der Waals surface area contributed by atoms with Crippen LogP contribution in [-0.2, 0) is 18.4 Å². The molecule has 2 heterocycles. The highest BCUT2D eigenvalue weighted by Gasteiger charge is 2.15. The molecule has 102 valence electrons. The topological polar surface area (TPSA) is 64.7 Å².